The van der Waals surface area contributed by atoms with E-state index in [4.69, 9.17) is 0 Å². The van der Waals surface area contributed by atoms with Crippen molar-refractivity contribution in [3.63, 3.8) is 0 Å². The number of hydrogen-bond donors (Lipinski definition) is 2. The first-order valence-corrected chi connectivity index (χ1v) is 4.31. The number of aliphatic hydroxyl groups excluding tert-OH is 1. The summed E-state index contributed by atoms with van der Waals surface area (Å²) >= 11 is 0. The Kier molecular flexibility index (Phi) is 3.65. The Morgan fingerprint density at radius 2 is 2.20 bits per heavy atom. The van der Waals surface area contributed by atoms with E-state index < -0.39 is 17.8 Å². The van der Waals surface area contributed by atoms with Crippen LogP contribution in [0.1, 0.15) is 17.4 Å². The minimum Gasteiger partial charge on any atom is -0.385 e. The number of alkyl halides is 3. The van der Waals surface area contributed by atoms with Crippen LogP contribution in [0, 0.1) is 0 Å². The van der Waals surface area contributed by atoms with Gasteiger partial charge < -0.3 is 10.4 Å². The number of halogens is 3. The maximum atomic E-state index is 12.5. The van der Waals surface area contributed by atoms with E-state index in [1.807, 2.05) is 0 Å². The van der Waals surface area contributed by atoms with E-state index in [0.717, 1.165) is 6.07 Å². The van der Waals surface area contributed by atoms with Crippen LogP contribution >= 0.6 is 0 Å². The monoisotopic (exact) mass is 220 g/mol. The first-order chi connectivity index (χ1) is 6.96. The average Bonchev–Trinajstić information content (AvgIpc) is 2.17. The van der Waals surface area contributed by atoms with Gasteiger partial charge in [-0.3, -0.25) is 4.98 Å². The third kappa shape index (κ3) is 2.90. The van der Waals surface area contributed by atoms with Gasteiger partial charge in [0.2, 0.25) is 0 Å². The van der Waals surface area contributed by atoms with Crippen LogP contribution < -0.4 is 5.32 Å². The van der Waals surface area contributed by atoms with Gasteiger partial charge in [-0.25, -0.2) is 0 Å². The van der Waals surface area contributed by atoms with E-state index in [-0.39, 0.29) is 12.2 Å². The fourth-order valence-corrected chi connectivity index (χ4v) is 1.21. The summed E-state index contributed by atoms with van der Waals surface area (Å²) in [6.07, 6.45) is -4.52. The molecule has 84 valence electrons. The Labute approximate surface area is 85.0 Å². The molecule has 0 aliphatic rings. The van der Waals surface area contributed by atoms with Gasteiger partial charge in [0.25, 0.3) is 0 Å². The van der Waals surface area contributed by atoms with Gasteiger partial charge in [-0.2, -0.15) is 13.2 Å². The van der Waals surface area contributed by atoms with Gasteiger partial charge in [0, 0.05) is 12.7 Å². The van der Waals surface area contributed by atoms with Crippen LogP contribution in [0.15, 0.2) is 18.3 Å². The van der Waals surface area contributed by atoms with E-state index in [1.54, 1.807) is 7.05 Å². The van der Waals surface area contributed by atoms with Crippen molar-refractivity contribution in [1.29, 1.82) is 0 Å². The molecule has 1 heterocycles. The summed E-state index contributed by atoms with van der Waals surface area (Å²) < 4.78 is 37.4. The van der Waals surface area contributed by atoms with E-state index in [9.17, 15) is 18.3 Å². The summed E-state index contributed by atoms with van der Waals surface area (Å²) in [5.74, 6) is 0. The summed E-state index contributed by atoms with van der Waals surface area (Å²) in [7, 11) is 1.54. The molecule has 0 fully saturated rings. The van der Waals surface area contributed by atoms with Gasteiger partial charge in [0.05, 0.1) is 11.3 Å². The Morgan fingerprint density at radius 1 is 1.53 bits per heavy atom. The smallest absolute Gasteiger partial charge is 0.385 e. The number of hydrogen-bond acceptors (Lipinski definition) is 3. The summed E-state index contributed by atoms with van der Waals surface area (Å²) in [5, 5.41) is 12.0. The number of pyridine rings is 1. The molecule has 1 aromatic rings. The molecule has 0 saturated carbocycles. The van der Waals surface area contributed by atoms with Crippen LogP contribution in [0.5, 0.6) is 0 Å². The molecular weight excluding hydrogens is 209 g/mol. The lowest BCUT2D eigenvalue weighted by Gasteiger charge is -2.15. The summed E-state index contributed by atoms with van der Waals surface area (Å²) in [6.45, 7) is 0.0279. The molecule has 1 atom stereocenters. The zero-order chi connectivity index (χ0) is 11.5. The van der Waals surface area contributed by atoms with Gasteiger partial charge in [0.15, 0.2) is 0 Å². The van der Waals surface area contributed by atoms with Crippen LogP contribution in [0.4, 0.5) is 13.2 Å². The first-order valence-electron chi connectivity index (χ1n) is 4.31. The van der Waals surface area contributed by atoms with E-state index in [2.05, 4.69) is 10.3 Å². The topological polar surface area (TPSA) is 45.1 Å². The summed E-state index contributed by atoms with van der Waals surface area (Å²) in [5.41, 5.74) is -1.24. The van der Waals surface area contributed by atoms with Crippen molar-refractivity contribution in [3.8, 4) is 0 Å². The van der Waals surface area contributed by atoms with Gasteiger partial charge >= 0.3 is 6.18 Å². The lowest BCUT2D eigenvalue weighted by Crippen LogP contribution is -2.21. The number of likely N-dealkylation sites (N-methyl/N-ethyl adjacent to an activating group) is 1. The Hall–Kier alpha value is -1.14. The van der Waals surface area contributed by atoms with Crippen molar-refractivity contribution in [2.45, 2.75) is 12.3 Å². The molecule has 1 unspecified atom stereocenters. The van der Waals surface area contributed by atoms with Gasteiger partial charge in [-0.05, 0) is 19.2 Å². The maximum absolute atomic E-state index is 12.5. The van der Waals surface area contributed by atoms with E-state index in [1.165, 1.54) is 12.3 Å². The molecular formula is C9H11F3N2O. The standard InChI is InChI=1S/C9H11F3N2O/c1-13-5-7(15)8-6(9(10,11)12)3-2-4-14-8/h2-4,7,13,15H,5H2,1H3. The molecule has 0 amide bonds. The molecule has 1 rings (SSSR count). The average molecular weight is 220 g/mol. The summed E-state index contributed by atoms with van der Waals surface area (Å²) in [4.78, 5) is 3.55. The molecule has 6 heteroatoms. The highest BCUT2D eigenvalue weighted by Crippen LogP contribution is 2.33. The molecule has 15 heavy (non-hydrogen) atoms. The number of aliphatic hydroxyl groups is 1. The van der Waals surface area contributed by atoms with Crippen LogP contribution in [0.2, 0.25) is 0 Å². The molecule has 0 saturated heterocycles. The maximum Gasteiger partial charge on any atom is 0.418 e. The van der Waals surface area contributed by atoms with E-state index in [0.29, 0.717) is 0 Å². The van der Waals surface area contributed by atoms with Gasteiger partial charge in [-0.15, -0.1) is 0 Å². The number of nitrogens with one attached hydrogen (secondary N) is 1. The second-order valence-corrected chi connectivity index (χ2v) is 3.01. The second-order valence-electron chi connectivity index (χ2n) is 3.01. The predicted molar refractivity (Wildman–Crippen MR) is 48.1 cm³/mol. The van der Waals surface area contributed by atoms with Gasteiger partial charge in [-0.1, -0.05) is 0 Å². The molecule has 0 aliphatic heterocycles. The molecule has 1 aromatic heterocycles. The third-order valence-corrected chi connectivity index (χ3v) is 1.86. The largest absolute Gasteiger partial charge is 0.418 e. The molecule has 2 N–H and O–H groups in total. The Morgan fingerprint density at radius 3 is 2.73 bits per heavy atom. The normalized spacial score (nSPS) is 13.9. The lowest BCUT2D eigenvalue weighted by atomic mass is 10.1. The van der Waals surface area contributed by atoms with Crippen molar-refractivity contribution in [2.75, 3.05) is 13.6 Å². The van der Waals surface area contributed by atoms with E-state index >= 15 is 0 Å². The number of rotatable bonds is 3. The van der Waals surface area contributed by atoms with Crippen molar-refractivity contribution in [2.24, 2.45) is 0 Å². The van der Waals surface area contributed by atoms with Crippen molar-refractivity contribution >= 4 is 0 Å². The summed E-state index contributed by atoms with van der Waals surface area (Å²) in [6, 6.07) is 2.10. The first kappa shape index (κ1) is 11.9. The Bertz CT molecular complexity index is 327. The molecule has 0 aliphatic carbocycles. The van der Waals surface area contributed by atoms with Crippen LogP contribution in [-0.2, 0) is 6.18 Å². The zero-order valence-corrected chi connectivity index (χ0v) is 8.04. The quantitative estimate of drug-likeness (QED) is 0.808. The van der Waals surface area contributed by atoms with Crippen molar-refractivity contribution in [1.82, 2.24) is 10.3 Å². The van der Waals surface area contributed by atoms with Crippen LogP contribution in [0.25, 0.3) is 0 Å². The number of nitrogens with zero attached hydrogens (tertiary/aromatic N) is 1. The third-order valence-electron chi connectivity index (χ3n) is 1.86. The fourth-order valence-electron chi connectivity index (χ4n) is 1.21. The Balaban J connectivity index is 3.06. The minimum absolute atomic E-state index is 0.0279. The van der Waals surface area contributed by atoms with Crippen LogP contribution in [0.3, 0.4) is 0 Å². The van der Waals surface area contributed by atoms with Crippen molar-refractivity contribution < 1.29 is 18.3 Å². The highest BCUT2D eigenvalue weighted by molar-refractivity contribution is 5.25. The molecule has 0 aromatic carbocycles. The molecule has 0 spiro atoms. The highest BCUT2D eigenvalue weighted by Gasteiger charge is 2.35. The van der Waals surface area contributed by atoms with Crippen molar-refractivity contribution in [3.05, 3.63) is 29.6 Å². The minimum atomic E-state index is -4.49. The lowest BCUT2D eigenvalue weighted by molar-refractivity contribution is -0.139. The molecule has 0 bridgehead atoms. The predicted octanol–water partition coefficient (Wildman–Crippen LogP) is 1.35. The molecule has 3 nitrogen and oxygen atoms in total. The fraction of sp³-hybridized carbons (Fsp3) is 0.444. The SMILES string of the molecule is CNCC(O)c1ncccc1C(F)(F)F. The van der Waals surface area contributed by atoms with Crippen LogP contribution in [-0.4, -0.2) is 23.7 Å². The number of aromatic nitrogens is 1. The highest BCUT2D eigenvalue weighted by atomic mass is 19.4. The van der Waals surface area contributed by atoms with Gasteiger partial charge in [0.1, 0.15) is 6.10 Å². The second kappa shape index (κ2) is 4.59. The zero-order valence-electron chi connectivity index (χ0n) is 8.04. The molecule has 0 radical (unpaired) electrons.